The van der Waals surface area contributed by atoms with E-state index in [9.17, 15) is 13.6 Å². The van der Waals surface area contributed by atoms with E-state index in [-0.39, 0.29) is 21.1 Å². The van der Waals surface area contributed by atoms with E-state index in [1.165, 1.54) is 0 Å². The topological polar surface area (TPSA) is 56.6 Å². The molecule has 0 bridgehead atoms. The highest BCUT2D eigenvalue weighted by Crippen LogP contribution is 2.24. The summed E-state index contributed by atoms with van der Waals surface area (Å²) in [6.45, 7) is 0. The van der Waals surface area contributed by atoms with Crippen LogP contribution in [0, 0.1) is 14.9 Å². The second-order valence-corrected chi connectivity index (χ2v) is 3.58. The first-order valence-electron chi connectivity index (χ1n) is 3.63. The Hall–Kier alpha value is -0.970. The maximum Gasteiger partial charge on any atom is 0.266 e. The molecule has 1 rings (SSSR count). The minimum absolute atomic E-state index is 0.103. The van der Waals surface area contributed by atoms with Crippen LogP contribution in [0.4, 0.5) is 8.78 Å². The van der Waals surface area contributed by atoms with E-state index in [4.69, 9.17) is 5.26 Å². The Labute approximate surface area is 91.9 Å². The number of hydrogen-bond donors (Lipinski definition) is 1. The van der Waals surface area contributed by atoms with Gasteiger partial charge in [0.1, 0.15) is 0 Å². The fourth-order valence-electron chi connectivity index (χ4n) is 0.963. The van der Waals surface area contributed by atoms with Crippen LogP contribution < -0.4 is 5.56 Å². The molecular formula is C8H5F2IN2O. The predicted octanol–water partition coefficient (Wildman–Crippen LogP) is 1.98. The second-order valence-electron chi connectivity index (χ2n) is 2.50. The number of nitrogens with one attached hydrogen (secondary N) is 1. The Balaban J connectivity index is 3.35. The van der Waals surface area contributed by atoms with Crippen LogP contribution in [0.15, 0.2) is 11.0 Å². The maximum absolute atomic E-state index is 12.4. The molecule has 1 heterocycles. The minimum atomic E-state index is -2.64. The van der Waals surface area contributed by atoms with Gasteiger partial charge in [0.15, 0.2) is 0 Å². The van der Waals surface area contributed by atoms with Crippen LogP contribution in [-0.2, 0) is 6.42 Å². The number of aromatic nitrogens is 1. The van der Waals surface area contributed by atoms with Crippen LogP contribution in [0.1, 0.15) is 17.6 Å². The fourth-order valence-corrected chi connectivity index (χ4v) is 1.79. The summed E-state index contributed by atoms with van der Waals surface area (Å²) in [4.78, 5) is 13.3. The number of nitriles is 1. The zero-order valence-corrected chi connectivity index (χ0v) is 9.01. The molecule has 0 atom stereocenters. The molecule has 0 saturated carbocycles. The second kappa shape index (κ2) is 4.50. The summed E-state index contributed by atoms with van der Waals surface area (Å²) in [7, 11) is 0. The third kappa shape index (κ3) is 2.09. The quantitative estimate of drug-likeness (QED) is 0.849. The molecule has 0 spiro atoms. The summed E-state index contributed by atoms with van der Waals surface area (Å²) in [6.07, 6.45) is -1.82. The number of H-pyrrole nitrogens is 1. The van der Waals surface area contributed by atoms with E-state index >= 15 is 0 Å². The highest BCUT2D eigenvalue weighted by atomic mass is 127. The third-order valence-corrected chi connectivity index (χ3v) is 2.92. The Bertz CT molecular complexity index is 436. The lowest BCUT2D eigenvalue weighted by atomic mass is 10.1. The summed E-state index contributed by atoms with van der Waals surface area (Å²) >= 11 is 1.65. The van der Waals surface area contributed by atoms with Crippen molar-refractivity contribution < 1.29 is 8.78 Å². The number of hydrogen-bond acceptors (Lipinski definition) is 2. The van der Waals surface area contributed by atoms with Gasteiger partial charge in [-0.2, -0.15) is 5.26 Å². The van der Waals surface area contributed by atoms with Gasteiger partial charge in [-0.15, -0.1) is 0 Å². The molecule has 3 nitrogen and oxygen atoms in total. The lowest BCUT2D eigenvalue weighted by Crippen LogP contribution is -2.15. The van der Waals surface area contributed by atoms with Crippen LogP contribution in [0.5, 0.6) is 0 Å². The van der Waals surface area contributed by atoms with Gasteiger partial charge in [0.25, 0.3) is 12.0 Å². The number of pyridine rings is 1. The zero-order valence-electron chi connectivity index (χ0n) is 6.85. The molecule has 1 aromatic heterocycles. The maximum atomic E-state index is 12.4. The lowest BCUT2D eigenvalue weighted by Gasteiger charge is -2.05. The van der Waals surface area contributed by atoms with Crippen LogP contribution >= 0.6 is 22.6 Å². The highest BCUT2D eigenvalue weighted by molar-refractivity contribution is 14.1. The number of aromatic amines is 1. The average Bonchev–Trinajstić information content (AvgIpc) is 2.11. The summed E-state index contributed by atoms with van der Waals surface area (Å²) < 4.78 is 24.9. The van der Waals surface area contributed by atoms with Crippen molar-refractivity contribution in [3.05, 3.63) is 31.2 Å². The molecule has 1 aromatic rings. The van der Waals surface area contributed by atoms with Crippen LogP contribution in [0.3, 0.4) is 0 Å². The standard InChI is InChI=1S/C8H5F2IN2O/c9-7(10)5-3-13-8(14)4(1-2-12)6(5)11/h3,7H,1H2,(H,13,14). The van der Waals surface area contributed by atoms with Gasteiger partial charge in [0, 0.05) is 20.9 Å². The summed E-state index contributed by atoms with van der Waals surface area (Å²) in [6, 6.07) is 1.76. The molecule has 0 aliphatic carbocycles. The molecule has 0 unspecified atom stereocenters. The molecule has 1 N–H and O–H groups in total. The SMILES string of the molecule is N#CCc1c(I)c(C(F)F)c[nH]c1=O. The van der Waals surface area contributed by atoms with Crippen molar-refractivity contribution in [1.29, 1.82) is 5.26 Å². The molecule has 0 aliphatic heterocycles. The van der Waals surface area contributed by atoms with E-state index in [0.717, 1.165) is 6.20 Å². The zero-order chi connectivity index (χ0) is 10.7. The summed E-state index contributed by atoms with van der Waals surface area (Å²) in [5, 5.41) is 8.40. The van der Waals surface area contributed by atoms with Crippen LogP contribution in [0.2, 0.25) is 0 Å². The highest BCUT2D eigenvalue weighted by Gasteiger charge is 2.16. The Morgan fingerprint density at radius 1 is 1.64 bits per heavy atom. The number of rotatable bonds is 2. The monoisotopic (exact) mass is 310 g/mol. The Kier molecular flexibility index (Phi) is 3.57. The molecule has 0 aliphatic rings. The van der Waals surface area contributed by atoms with Crippen LogP contribution in [0.25, 0.3) is 0 Å². The Morgan fingerprint density at radius 2 is 2.29 bits per heavy atom. The molecule has 14 heavy (non-hydrogen) atoms. The van der Waals surface area contributed by atoms with Crippen molar-refractivity contribution in [2.75, 3.05) is 0 Å². The normalized spacial score (nSPS) is 10.2. The molecular weight excluding hydrogens is 305 g/mol. The van der Waals surface area contributed by atoms with Gasteiger partial charge < -0.3 is 4.98 Å². The minimum Gasteiger partial charge on any atom is -0.328 e. The van der Waals surface area contributed by atoms with Crippen LogP contribution in [-0.4, -0.2) is 4.98 Å². The fraction of sp³-hybridized carbons (Fsp3) is 0.250. The molecule has 0 amide bonds. The molecule has 0 radical (unpaired) electrons. The van der Waals surface area contributed by atoms with Gasteiger partial charge in [-0.3, -0.25) is 4.79 Å². The van der Waals surface area contributed by atoms with Crippen molar-refractivity contribution >= 4 is 22.6 Å². The van der Waals surface area contributed by atoms with Crippen molar-refractivity contribution in [2.24, 2.45) is 0 Å². The van der Waals surface area contributed by atoms with E-state index in [1.54, 1.807) is 28.7 Å². The summed E-state index contributed by atoms with van der Waals surface area (Å²) in [5.74, 6) is 0. The smallest absolute Gasteiger partial charge is 0.266 e. The largest absolute Gasteiger partial charge is 0.328 e. The molecule has 0 saturated heterocycles. The number of halogens is 3. The van der Waals surface area contributed by atoms with E-state index in [1.807, 2.05) is 0 Å². The third-order valence-electron chi connectivity index (χ3n) is 1.64. The first kappa shape index (κ1) is 11.1. The van der Waals surface area contributed by atoms with Gasteiger partial charge in [0.05, 0.1) is 12.5 Å². The molecule has 0 aromatic carbocycles. The molecule has 6 heteroatoms. The number of nitrogens with zero attached hydrogens (tertiary/aromatic N) is 1. The van der Waals surface area contributed by atoms with E-state index in [0.29, 0.717) is 0 Å². The average molecular weight is 310 g/mol. The van der Waals surface area contributed by atoms with Gasteiger partial charge in [-0.05, 0) is 22.6 Å². The first-order valence-corrected chi connectivity index (χ1v) is 4.71. The van der Waals surface area contributed by atoms with E-state index < -0.39 is 12.0 Å². The van der Waals surface area contributed by atoms with Crippen molar-refractivity contribution in [3.8, 4) is 6.07 Å². The van der Waals surface area contributed by atoms with Gasteiger partial charge in [-0.1, -0.05) is 0 Å². The number of alkyl halides is 2. The Morgan fingerprint density at radius 3 is 2.79 bits per heavy atom. The van der Waals surface area contributed by atoms with Gasteiger partial charge in [0.2, 0.25) is 0 Å². The van der Waals surface area contributed by atoms with Gasteiger partial charge >= 0.3 is 0 Å². The molecule has 74 valence electrons. The predicted molar refractivity (Wildman–Crippen MR) is 54.1 cm³/mol. The van der Waals surface area contributed by atoms with Crippen molar-refractivity contribution in [3.63, 3.8) is 0 Å². The van der Waals surface area contributed by atoms with E-state index in [2.05, 4.69) is 4.98 Å². The molecule has 0 fully saturated rings. The first-order chi connectivity index (χ1) is 6.57. The van der Waals surface area contributed by atoms with Crippen molar-refractivity contribution in [1.82, 2.24) is 4.98 Å². The van der Waals surface area contributed by atoms with Crippen molar-refractivity contribution in [2.45, 2.75) is 12.8 Å². The van der Waals surface area contributed by atoms with Gasteiger partial charge in [-0.25, -0.2) is 8.78 Å². The summed E-state index contributed by atoms with van der Waals surface area (Å²) in [5.41, 5.74) is -0.623. The lowest BCUT2D eigenvalue weighted by molar-refractivity contribution is 0.150.